The number of nitrogens with two attached hydrogens (primary N) is 1. The average Bonchev–Trinajstić information content (AvgIpc) is 2.94. The van der Waals surface area contributed by atoms with Crippen LogP contribution in [-0.2, 0) is 9.53 Å². The second-order valence-corrected chi connectivity index (χ2v) is 6.24. The van der Waals surface area contributed by atoms with Gasteiger partial charge in [0.1, 0.15) is 0 Å². The van der Waals surface area contributed by atoms with Crippen LogP contribution in [-0.4, -0.2) is 54.2 Å². The molecule has 0 spiro atoms. The first-order chi connectivity index (χ1) is 11.4. The number of nitrogens with zero attached hydrogens (tertiary/aromatic N) is 1. The molecule has 2 aliphatic heterocycles. The predicted molar refractivity (Wildman–Crippen MR) is 84.5 cm³/mol. The van der Waals surface area contributed by atoms with Crippen molar-refractivity contribution in [1.82, 2.24) is 4.90 Å². The van der Waals surface area contributed by atoms with Gasteiger partial charge in [-0.1, -0.05) is 6.07 Å². The molecule has 8 nitrogen and oxygen atoms in total. The van der Waals surface area contributed by atoms with E-state index in [-0.39, 0.29) is 18.4 Å². The third kappa shape index (κ3) is 2.80. The number of carboxylic acid groups (broad SMARTS) is 1. The number of carbonyl (C=O) groups excluding carboxylic acids is 2. The molecule has 0 unspecified atom stereocenters. The number of carbonyl (C=O) groups is 3. The van der Waals surface area contributed by atoms with Crippen LogP contribution in [0, 0.1) is 11.3 Å². The summed E-state index contributed by atoms with van der Waals surface area (Å²) in [6.45, 7) is 1.25. The van der Waals surface area contributed by atoms with Crippen LogP contribution in [0.2, 0.25) is 0 Å². The third-order valence-electron chi connectivity index (χ3n) is 4.80. The molecule has 2 aliphatic rings. The van der Waals surface area contributed by atoms with E-state index in [9.17, 15) is 19.5 Å². The van der Waals surface area contributed by atoms with Crippen LogP contribution < -0.4 is 11.1 Å². The normalized spacial score (nSPS) is 25.8. The van der Waals surface area contributed by atoms with Crippen molar-refractivity contribution in [2.75, 3.05) is 31.6 Å². The van der Waals surface area contributed by atoms with Crippen LogP contribution in [0.1, 0.15) is 16.8 Å². The summed E-state index contributed by atoms with van der Waals surface area (Å²) in [5, 5.41) is 12.1. The van der Waals surface area contributed by atoms with Crippen LogP contribution in [0.5, 0.6) is 0 Å². The van der Waals surface area contributed by atoms with Crippen LogP contribution in [0.25, 0.3) is 0 Å². The van der Waals surface area contributed by atoms with Gasteiger partial charge in [0.05, 0.1) is 12.0 Å². The maximum atomic E-state index is 12.7. The lowest BCUT2D eigenvalue weighted by atomic mass is 9.74. The Morgan fingerprint density at radius 1 is 1.38 bits per heavy atom. The molecule has 0 aliphatic carbocycles. The first kappa shape index (κ1) is 16.3. The molecule has 4 N–H and O–H groups in total. The molecule has 2 atom stereocenters. The number of urea groups is 1. The molecule has 24 heavy (non-hydrogen) atoms. The molecule has 2 heterocycles. The van der Waals surface area contributed by atoms with E-state index in [1.54, 1.807) is 23.1 Å². The minimum Gasteiger partial charge on any atom is -0.481 e. The van der Waals surface area contributed by atoms with Gasteiger partial charge in [0.2, 0.25) is 0 Å². The Bertz CT molecular complexity index is 692. The molecule has 8 heteroatoms. The van der Waals surface area contributed by atoms with Crippen molar-refractivity contribution in [3.8, 4) is 0 Å². The highest BCUT2D eigenvalue weighted by molar-refractivity contribution is 5.97. The molecule has 0 radical (unpaired) electrons. The number of hydrogen-bond acceptors (Lipinski definition) is 4. The van der Waals surface area contributed by atoms with Crippen LogP contribution in [0.3, 0.4) is 0 Å². The topological polar surface area (TPSA) is 122 Å². The van der Waals surface area contributed by atoms with Gasteiger partial charge in [-0.25, -0.2) is 4.79 Å². The Balaban J connectivity index is 1.81. The zero-order valence-corrected chi connectivity index (χ0v) is 13.0. The largest absolute Gasteiger partial charge is 0.481 e. The molecule has 3 amide bonds. The van der Waals surface area contributed by atoms with Gasteiger partial charge in [-0.05, 0) is 24.6 Å². The number of nitrogens with one attached hydrogen (secondary N) is 1. The van der Waals surface area contributed by atoms with Crippen molar-refractivity contribution in [3.05, 3.63) is 29.8 Å². The number of anilines is 1. The standard InChI is InChI=1S/C16H19N3O5/c17-15(23)18-12-3-1-2-10(6-12)13(20)19-7-11-8-24-5-4-16(11,9-19)14(21)22/h1-3,6,11H,4-5,7-9H2,(H,21,22)(H3,17,18,23)/t11-,16+/m0/s1. The van der Waals surface area contributed by atoms with E-state index < -0.39 is 17.4 Å². The number of rotatable bonds is 3. The van der Waals surface area contributed by atoms with Gasteiger partial charge in [0, 0.05) is 36.9 Å². The summed E-state index contributed by atoms with van der Waals surface area (Å²) < 4.78 is 5.39. The first-order valence-corrected chi connectivity index (χ1v) is 7.69. The third-order valence-corrected chi connectivity index (χ3v) is 4.80. The molecule has 0 bridgehead atoms. The fourth-order valence-electron chi connectivity index (χ4n) is 3.51. The number of carboxylic acids is 1. The van der Waals surface area contributed by atoms with E-state index in [0.717, 1.165) is 0 Å². The predicted octanol–water partition coefficient (Wildman–Crippen LogP) is 0.741. The monoisotopic (exact) mass is 333 g/mol. The zero-order valence-electron chi connectivity index (χ0n) is 13.0. The van der Waals surface area contributed by atoms with Crippen molar-refractivity contribution in [2.45, 2.75) is 6.42 Å². The van der Waals surface area contributed by atoms with E-state index in [1.807, 2.05) is 0 Å². The number of ether oxygens (including phenoxy) is 1. The number of amides is 3. The number of hydrogen-bond donors (Lipinski definition) is 3. The minimum absolute atomic E-state index is 0.169. The second kappa shape index (κ2) is 6.12. The van der Waals surface area contributed by atoms with Crippen molar-refractivity contribution in [2.24, 2.45) is 17.1 Å². The van der Waals surface area contributed by atoms with Crippen LogP contribution in [0.4, 0.5) is 10.5 Å². The van der Waals surface area contributed by atoms with Gasteiger partial charge in [0.25, 0.3) is 5.91 Å². The van der Waals surface area contributed by atoms with Crippen LogP contribution >= 0.6 is 0 Å². The maximum absolute atomic E-state index is 12.7. The van der Waals surface area contributed by atoms with Crippen molar-refractivity contribution >= 4 is 23.6 Å². The van der Waals surface area contributed by atoms with E-state index in [4.69, 9.17) is 10.5 Å². The van der Waals surface area contributed by atoms with Crippen molar-refractivity contribution in [3.63, 3.8) is 0 Å². The summed E-state index contributed by atoms with van der Waals surface area (Å²) in [7, 11) is 0. The molecular formula is C16H19N3O5. The molecule has 3 rings (SSSR count). The summed E-state index contributed by atoms with van der Waals surface area (Å²) in [4.78, 5) is 37.0. The Kier molecular flexibility index (Phi) is 4.15. The number of fused-ring (bicyclic) bond motifs is 1. The minimum atomic E-state index is -0.934. The fraction of sp³-hybridized carbons (Fsp3) is 0.438. The van der Waals surface area contributed by atoms with E-state index in [1.165, 1.54) is 6.07 Å². The summed E-state index contributed by atoms with van der Waals surface area (Å²) in [5.74, 6) is -1.35. The van der Waals surface area contributed by atoms with Gasteiger partial charge in [-0.3, -0.25) is 9.59 Å². The number of primary amides is 1. The molecule has 2 fully saturated rings. The van der Waals surface area contributed by atoms with E-state index >= 15 is 0 Å². The number of aliphatic carboxylic acids is 1. The van der Waals surface area contributed by atoms with Crippen LogP contribution in [0.15, 0.2) is 24.3 Å². The Morgan fingerprint density at radius 3 is 2.83 bits per heavy atom. The lowest BCUT2D eigenvalue weighted by Gasteiger charge is -2.33. The molecule has 1 aromatic carbocycles. The summed E-state index contributed by atoms with van der Waals surface area (Å²) >= 11 is 0. The van der Waals surface area contributed by atoms with E-state index in [2.05, 4.69) is 5.32 Å². The number of likely N-dealkylation sites (tertiary alicyclic amines) is 1. The Labute approximate surface area is 138 Å². The summed E-state index contributed by atoms with van der Waals surface area (Å²) in [6, 6.07) is 5.70. The molecule has 1 aromatic rings. The Morgan fingerprint density at radius 2 is 2.17 bits per heavy atom. The SMILES string of the molecule is NC(=O)Nc1cccc(C(=O)N2C[C@H]3COCC[C@@]3(C(=O)O)C2)c1. The lowest BCUT2D eigenvalue weighted by Crippen LogP contribution is -2.45. The fourth-order valence-corrected chi connectivity index (χ4v) is 3.51. The lowest BCUT2D eigenvalue weighted by molar-refractivity contribution is -0.157. The van der Waals surface area contributed by atoms with Gasteiger partial charge in [-0.2, -0.15) is 0 Å². The first-order valence-electron chi connectivity index (χ1n) is 7.69. The number of benzene rings is 1. The summed E-state index contributed by atoms with van der Waals surface area (Å²) in [5.41, 5.74) is 4.94. The van der Waals surface area contributed by atoms with Crippen molar-refractivity contribution < 1.29 is 24.2 Å². The smallest absolute Gasteiger partial charge is 0.316 e. The molecule has 0 aromatic heterocycles. The molecule has 2 saturated heterocycles. The van der Waals surface area contributed by atoms with Gasteiger partial charge < -0.3 is 25.8 Å². The molecular weight excluding hydrogens is 314 g/mol. The molecule has 0 saturated carbocycles. The second-order valence-electron chi connectivity index (χ2n) is 6.24. The van der Waals surface area contributed by atoms with E-state index in [0.29, 0.717) is 37.4 Å². The summed E-state index contributed by atoms with van der Waals surface area (Å²) in [6.07, 6.45) is 0.403. The molecule has 128 valence electrons. The Hall–Kier alpha value is -2.61. The highest BCUT2D eigenvalue weighted by atomic mass is 16.5. The van der Waals surface area contributed by atoms with Crippen molar-refractivity contribution in [1.29, 1.82) is 0 Å². The quantitative estimate of drug-likeness (QED) is 0.753. The average molecular weight is 333 g/mol. The highest BCUT2D eigenvalue weighted by Gasteiger charge is 2.54. The van der Waals surface area contributed by atoms with Gasteiger partial charge >= 0.3 is 12.0 Å². The maximum Gasteiger partial charge on any atom is 0.316 e. The van der Waals surface area contributed by atoms with Gasteiger partial charge in [-0.15, -0.1) is 0 Å². The highest BCUT2D eigenvalue weighted by Crippen LogP contribution is 2.42. The van der Waals surface area contributed by atoms with Gasteiger partial charge in [0.15, 0.2) is 0 Å². The zero-order chi connectivity index (χ0) is 17.3.